The molecule has 31 heavy (non-hydrogen) atoms. The van der Waals surface area contributed by atoms with Gasteiger partial charge < -0.3 is 10.1 Å². The Kier molecular flexibility index (Phi) is 5.36. The molecule has 1 fully saturated rings. The highest BCUT2D eigenvalue weighted by Crippen LogP contribution is 2.41. The van der Waals surface area contributed by atoms with Crippen LogP contribution >= 0.6 is 11.3 Å². The second kappa shape index (κ2) is 8.31. The van der Waals surface area contributed by atoms with Gasteiger partial charge in [-0.1, -0.05) is 30.3 Å². The van der Waals surface area contributed by atoms with E-state index >= 15 is 0 Å². The van der Waals surface area contributed by atoms with Crippen molar-refractivity contribution >= 4 is 45.6 Å². The molecule has 0 atom stereocenters. The van der Waals surface area contributed by atoms with Crippen LogP contribution in [0.2, 0.25) is 0 Å². The largest absolute Gasteiger partial charge is 0.452 e. The number of amides is 1. The van der Waals surface area contributed by atoms with E-state index in [9.17, 15) is 9.59 Å². The van der Waals surface area contributed by atoms with E-state index in [1.165, 1.54) is 21.6 Å². The van der Waals surface area contributed by atoms with Crippen LogP contribution in [0.3, 0.4) is 0 Å². The SMILES string of the molecule is Cc1c2c(c(C(=O)OCC(=O)NC3CC3)c3ccccc13)CCC/C2=C\c1cccs1. The molecule has 0 saturated heterocycles. The van der Waals surface area contributed by atoms with Crippen LogP contribution in [0, 0.1) is 6.92 Å². The number of carbonyl (C=O) groups is 2. The molecule has 158 valence electrons. The maximum absolute atomic E-state index is 13.3. The van der Waals surface area contributed by atoms with Crippen LogP contribution in [0.5, 0.6) is 0 Å². The van der Waals surface area contributed by atoms with Gasteiger partial charge in [0.15, 0.2) is 6.61 Å². The van der Waals surface area contributed by atoms with Gasteiger partial charge in [-0.2, -0.15) is 0 Å². The van der Waals surface area contributed by atoms with E-state index in [0.717, 1.165) is 48.4 Å². The molecule has 2 aliphatic rings. The lowest BCUT2D eigenvalue weighted by atomic mass is 9.79. The molecule has 0 aliphatic heterocycles. The predicted molar refractivity (Wildman–Crippen MR) is 125 cm³/mol. The maximum atomic E-state index is 13.3. The third kappa shape index (κ3) is 4.02. The maximum Gasteiger partial charge on any atom is 0.339 e. The van der Waals surface area contributed by atoms with Gasteiger partial charge in [0.1, 0.15) is 0 Å². The Bertz CT molecular complexity index is 1190. The second-order valence-corrected chi connectivity index (χ2v) is 9.33. The van der Waals surface area contributed by atoms with Gasteiger partial charge in [-0.15, -0.1) is 11.3 Å². The number of carbonyl (C=O) groups excluding carboxylic acids is 2. The van der Waals surface area contributed by atoms with Crippen LogP contribution in [0.1, 0.15) is 57.6 Å². The zero-order chi connectivity index (χ0) is 21.4. The fourth-order valence-corrected chi connectivity index (χ4v) is 5.25. The van der Waals surface area contributed by atoms with Crippen molar-refractivity contribution in [2.45, 2.75) is 45.1 Å². The summed E-state index contributed by atoms with van der Waals surface area (Å²) in [6, 6.07) is 12.4. The van der Waals surface area contributed by atoms with E-state index in [1.54, 1.807) is 11.3 Å². The van der Waals surface area contributed by atoms with E-state index < -0.39 is 5.97 Å². The second-order valence-electron chi connectivity index (χ2n) is 8.36. The van der Waals surface area contributed by atoms with Gasteiger partial charge >= 0.3 is 5.97 Å². The normalized spacial score (nSPS) is 16.9. The highest BCUT2D eigenvalue weighted by molar-refractivity contribution is 7.10. The minimum absolute atomic E-state index is 0.223. The number of hydrogen-bond donors (Lipinski definition) is 1. The summed E-state index contributed by atoms with van der Waals surface area (Å²) < 4.78 is 5.51. The van der Waals surface area contributed by atoms with Crippen LogP contribution in [0.4, 0.5) is 0 Å². The van der Waals surface area contributed by atoms with Gasteiger partial charge in [0.05, 0.1) is 5.56 Å². The number of fused-ring (bicyclic) bond motifs is 2. The van der Waals surface area contributed by atoms with E-state index in [-0.39, 0.29) is 18.6 Å². The Morgan fingerprint density at radius 3 is 2.68 bits per heavy atom. The molecule has 1 saturated carbocycles. The number of hydrogen-bond acceptors (Lipinski definition) is 4. The summed E-state index contributed by atoms with van der Waals surface area (Å²) in [7, 11) is 0. The molecule has 0 bridgehead atoms. The molecule has 0 radical (unpaired) electrons. The van der Waals surface area contributed by atoms with Gasteiger partial charge in [0.2, 0.25) is 0 Å². The summed E-state index contributed by atoms with van der Waals surface area (Å²) in [6.07, 6.45) is 7.08. The molecule has 1 N–H and O–H groups in total. The van der Waals surface area contributed by atoms with Gasteiger partial charge in [-0.05, 0) is 89.6 Å². The Hall–Kier alpha value is -2.92. The molecule has 3 aromatic rings. The first-order valence-electron chi connectivity index (χ1n) is 10.9. The first-order valence-corrected chi connectivity index (χ1v) is 11.7. The quantitative estimate of drug-likeness (QED) is 0.541. The number of nitrogens with one attached hydrogen (secondary N) is 1. The van der Waals surface area contributed by atoms with Gasteiger partial charge in [0.25, 0.3) is 5.91 Å². The molecule has 1 heterocycles. The number of rotatable bonds is 5. The Morgan fingerprint density at radius 1 is 1.13 bits per heavy atom. The molecular formula is C26H25NO3S. The van der Waals surface area contributed by atoms with Gasteiger partial charge in [-0.3, -0.25) is 4.79 Å². The molecule has 1 amide bonds. The average molecular weight is 432 g/mol. The van der Waals surface area contributed by atoms with Crippen LogP contribution in [0.15, 0.2) is 41.8 Å². The molecule has 5 heteroatoms. The molecule has 0 unspecified atom stereocenters. The molecule has 0 spiro atoms. The molecule has 2 aliphatic carbocycles. The lowest BCUT2D eigenvalue weighted by Gasteiger charge is -2.26. The van der Waals surface area contributed by atoms with Crippen molar-refractivity contribution in [3.05, 3.63) is 68.9 Å². The number of allylic oxidation sites excluding steroid dienone is 1. The van der Waals surface area contributed by atoms with Crippen molar-refractivity contribution in [2.75, 3.05) is 6.61 Å². The third-order valence-corrected chi connectivity index (χ3v) is 6.93. The summed E-state index contributed by atoms with van der Waals surface area (Å²) in [4.78, 5) is 26.5. The summed E-state index contributed by atoms with van der Waals surface area (Å²) in [5.74, 6) is -0.629. The van der Waals surface area contributed by atoms with Crippen molar-refractivity contribution in [2.24, 2.45) is 0 Å². The van der Waals surface area contributed by atoms with Crippen LogP contribution in [-0.4, -0.2) is 24.5 Å². The third-order valence-electron chi connectivity index (χ3n) is 6.11. The fraction of sp³-hybridized carbons (Fsp3) is 0.308. The number of benzene rings is 2. The van der Waals surface area contributed by atoms with Gasteiger partial charge in [-0.25, -0.2) is 4.79 Å². The first kappa shape index (κ1) is 20.0. The molecule has 2 aromatic carbocycles. The van der Waals surface area contributed by atoms with Crippen molar-refractivity contribution in [3.63, 3.8) is 0 Å². The highest BCUT2D eigenvalue weighted by atomic mass is 32.1. The predicted octanol–water partition coefficient (Wildman–Crippen LogP) is 5.52. The van der Waals surface area contributed by atoms with Crippen molar-refractivity contribution in [1.29, 1.82) is 0 Å². The van der Waals surface area contributed by atoms with Crippen molar-refractivity contribution in [3.8, 4) is 0 Å². The van der Waals surface area contributed by atoms with Crippen molar-refractivity contribution in [1.82, 2.24) is 5.32 Å². The fourth-order valence-electron chi connectivity index (χ4n) is 4.56. The number of thiophene rings is 1. The highest BCUT2D eigenvalue weighted by Gasteiger charge is 2.28. The molecular weight excluding hydrogens is 406 g/mol. The zero-order valence-corrected chi connectivity index (χ0v) is 18.4. The first-order chi connectivity index (χ1) is 15.1. The summed E-state index contributed by atoms with van der Waals surface area (Å²) >= 11 is 1.72. The molecule has 1 aromatic heterocycles. The lowest BCUT2D eigenvalue weighted by molar-refractivity contribution is -0.124. The van der Waals surface area contributed by atoms with Crippen LogP contribution in [-0.2, 0) is 16.0 Å². The standard InChI is InChI=1S/C26H25NO3S/c1-16-20-8-2-3-9-21(20)25(26(29)30-15-23(28)27-18-11-12-18)22-10-4-6-17(24(16)22)14-19-7-5-13-31-19/h2-3,5,7-9,13-14,18H,4,6,10-12,15H2,1H3,(H,27,28)/b17-14+. The van der Waals surface area contributed by atoms with Crippen LogP contribution in [0.25, 0.3) is 22.4 Å². The number of ether oxygens (including phenoxy) is 1. The number of aryl methyl sites for hydroxylation is 1. The Labute approximate surface area is 185 Å². The summed E-state index contributed by atoms with van der Waals surface area (Å²) in [6.45, 7) is 1.91. The molecule has 5 rings (SSSR count). The van der Waals surface area contributed by atoms with E-state index in [1.807, 2.05) is 18.2 Å². The van der Waals surface area contributed by atoms with Crippen LogP contribution < -0.4 is 5.32 Å². The lowest BCUT2D eigenvalue weighted by Crippen LogP contribution is -2.30. The topological polar surface area (TPSA) is 55.4 Å². The Morgan fingerprint density at radius 2 is 1.94 bits per heavy atom. The molecule has 4 nitrogen and oxygen atoms in total. The minimum Gasteiger partial charge on any atom is -0.452 e. The monoisotopic (exact) mass is 431 g/mol. The Balaban J connectivity index is 1.58. The smallest absolute Gasteiger partial charge is 0.339 e. The minimum atomic E-state index is -0.407. The summed E-state index contributed by atoms with van der Waals surface area (Å²) in [5, 5.41) is 6.93. The van der Waals surface area contributed by atoms with Gasteiger partial charge in [0, 0.05) is 10.9 Å². The van der Waals surface area contributed by atoms with Crippen molar-refractivity contribution < 1.29 is 14.3 Å². The van der Waals surface area contributed by atoms with E-state index in [2.05, 4.69) is 41.9 Å². The summed E-state index contributed by atoms with van der Waals surface area (Å²) in [5.41, 5.74) is 5.32. The number of esters is 1. The zero-order valence-electron chi connectivity index (χ0n) is 17.6. The van der Waals surface area contributed by atoms with E-state index in [4.69, 9.17) is 4.74 Å². The van der Waals surface area contributed by atoms with E-state index in [0.29, 0.717) is 5.56 Å². The average Bonchev–Trinajstić information content (AvgIpc) is 3.44.